The summed E-state index contributed by atoms with van der Waals surface area (Å²) in [7, 11) is 0. The molecule has 2 aliphatic rings. The van der Waals surface area contributed by atoms with Crippen molar-refractivity contribution in [2.75, 3.05) is 39.3 Å². The standard InChI is InChI=1S/C21H28N6O2S/c1-16-24-18(15-30-16)14-25-7-9-26(10-8-25)20(28)11-19-21(29)23-5-6-27(19)13-17-3-2-4-22-12-17/h2-4,12,15,19H,5-11,13-14H2,1H3,(H,23,29)/t19-/m1/s1. The topological polar surface area (TPSA) is 81.7 Å². The van der Waals surface area contributed by atoms with Gasteiger partial charge in [-0.3, -0.25) is 24.4 Å². The van der Waals surface area contributed by atoms with Crippen LogP contribution in [0, 0.1) is 6.92 Å². The molecule has 0 spiro atoms. The Hall–Kier alpha value is -2.36. The lowest BCUT2D eigenvalue weighted by Gasteiger charge is -2.38. The fourth-order valence-corrected chi connectivity index (χ4v) is 4.66. The van der Waals surface area contributed by atoms with Crippen LogP contribution >= 0.6 is 11.3 Å². The molecule has 2 aromatic heterocycles. The van der Waals surface area contributed by atoms with E-state index >= 15 is 0 Å². The number of aryl methyl sites for hydroxylation is 1. The predicted octanol–water partition coefficient (Wildman–Crippen LogP) is 0.881. The van der Waals surface area contributed by atoms with Gasteiger partial charge in [0.1, 0.15) is 0 Å². The molecule has 4 rings (SSSR count). The van der Waals surface area contributed by atoms with Gasteiger partial charge in [0.05, 0.1) is 23.2 Å². The number of amides is 2. The van der Waals surface area contributed by atoms with E-state index in [1.54, 1.807) is 17.5 Å². The molecule has 4 heterocycles. The van der Waals surface area contributed by atoms with Crippen molar-refractivity contribution >= 4 is 23.2 Å². The number of nitrogens with zero attached hydrogens (tertiary/aromatic N) is 5. The first-order valence-electron chi connectivity index (χ1n) is 10.4. The molecule has 2 saturated heterocycles. The van der Waals surface area contributed by atoms with Crippen LogP contribution in [-0.2, 0) is 22.7 Å². The van der Waals surface area contributed by atoms with Gasteiger partial charge in [0, 0.05) is 70.1 Å². The lowest BCUT2D eigenvalue weighted by Crippen LogP contribution is -2.57. The quantitative estimate of drug-likeness (QED) is 0.736. The molecule has 1 N–H and O–H groups in total. The second kappa shape index (κ2) is 9.63. The Morgan fingerprint density at radius 2 is 2.07 bits per heavy atom. The molecule has 0 aliphatic carbocycles. The molecule has 2 aromatic rings. The van der Waals surface area contributed by atoms with E-state index in [1.807, 2.05) is 30.2 Å². The first-order valence-corrected chi connectivity index (χ1v) is 11.3. The summed E-state index contributed by atoms with van der Waals surface area (Å²) < 4.78 is 0. The van der Waals surface area contributed by atoms with E-state index in [0.29, 0.717) is 26.2 Å². The summed E-state index contributed by atoms with van der Waals surface area (Å²) in [6.07, 6.45) is 3.77. The zero-order valence-corrected chi connectivity index (χ0v) is 18.1. The molecule has 0 unspecified atom stereocenters. The van der Waals surface area contributed by atoms with Gasteiger partial charge in [-0.2, -0.15) is 0 Å². The second-order valence-corrected chi connectivity index (χ2v) is 8.92. The first kappa shape index (κ1) is 20.9. The van der Waals surface area contributed by atoms with Crippen molar-refractivity contribution in [2.24, 2.45) is 0 Å². The zero-order chi connectivity index (χ0) is 20.9. The van der Waals surface area contributed by atoms with Gasteiger partial charge in [-0.1, -0.05) is 6.07 Å². The third-order valence-corrected chi connectivity index (χ3v) is 6.52. The molecule has 30 heavy (non-hydrogen) atoms. The van der Waals surface area contributed by atoms with Crippen LogP contribution < -0.4 is 5.32 Å². The van der Waals surface area contributed by atoms with Gasteiger partial charge in [0.2, 0.25) is 11.8 Å². The van der Waals surface area contributed by atoms with Gasteiger partial charge >= 0.3 is 0 Å². The summed E-state index contributed by atoms with van der Waals surface area (Å²) in [5, 5.41) is 6.10. The maximum absolute atomic E-state index is 13.0. The fourth-order valence-electron chi connectivity index (χ4n) is 4.06. The van der Waals surface area contributed by atoms with Gasteiger partial charge in [0.15, 0.2) is 0 Å². The molecular formula is C21H28N6O2S. The molecule has 9 heteroatoms. The molecule has 8 nitrogen and oxygen atoms in total. The Morgan fingerprint density at radius 3 is 2.77 bits per heavy atom. The van der Waals surface area contributed by atoms with Crippen molar-refractivity contribution in [3.05, 3.63) is 46.2 Å². The Labute approximate surface area is 180 Å². The van der Waals surface area contributed by atoms with E-state index in [4.69, 9.17) is 0 Å². The normalized spacial score (nSPS) is 20.9. The summed E-state index contributed by atoms with van der Waals surface area (Å²) in [6.45, 7) is 7.87. The molecule has 2 fully saturated rings. The number of carbonyl (C=O) groups excluding carboxylic acids is 2. The van der Waals surface area contributed by atoms with Gasteiger partial charge < -0.3 is 10.2 Å². The van der Waals surface area contributed by atoms with Crippen LogP contribution in [0.3, 0.4) is 0 Å². The Kier molecular flexibility index (Phi) is 6.71. The van der Waals surface area contributed by atoms with Crippen LogP contribution in [-0.4, -0.2) is 81.8 Å². The first-order chi connectivity index (χ1) is 14.6. The lowest BCUT2D eigenvalue weighted by atomic mass is 10.1. The molecule has 1 atom stereocenters. The van der Waals surface area contributed by atoms with Crippen molar-refractivity contribution < 1.29 is 9.59 Å². The van der Waals surface area contributed by atoms with Crippen LogP contribution in [0.5, 0.6) is 0 Å². The molecule has 0 bridgehead atoms. The minimum absolute atomic E-state index is 0.0531. The number of thiazole rings is 1. The SMILES string of the molecule is Cc1nc(CN2CCN(C(=O)C[C@@H]3C(=O)NCCN3Cc3cccnc3)CC2)cs1. The largest absolute Gasteiger partial charge is 0.353 e. The average Bonchev–Trinajstić information content (AvgIpc) is 3.16. The van der Waals surface area contributed by atoms with Crippen molar-refractivity contribution in [1.29, 1.82) is 0 Å². The molecule has 2 amide bonds. The fraction of sp³-hybridized carbons (Fsp3) is 0.524. The summed E-state index contributed by atoms with van der Waals surface area (Å²) in [5.74, 6) is -0.00609. The third kappa shape index (κ3) is 5.21. The minimum atomic E-state index is -0.428. The van der Waals surface area contributed by atoms with Gasteiger partial charge in [-0.25, -0.2) is 4.98 Å². The van der Waals surface area contributed by atoms with Crippen LogP contribution in [0.15, 0.2) is 29.9 Å². The van der Waals surface area contributed by atoms with Crippen LogP contribution in [0.4, 0.5) is 0 Å². The molecule has 0 saturated carbocycles. The van der Waals surface area contributed by atoms with Crippen LogP contribution in [0.25, 0.3) is 0 Å². The Balaban J connectivity index is 1.31. The van der Waals surface area contributed by atoms with Gasteiger partial charge in [0.25, 0.3) is 0 Å². The summed E-state index contributed by atoms with van der Waals surface area (Å²) in [5.41, 5.74) is 2.15. The number of piperazine rings is 2. The van der Waals surface area contributed by atoms with E-state index in [2.05, 4.69) is 30.5 Å². The van der Waals surface area contributed by atoms with E-state index in [9.17, 15) is 9.59 Å². The Morgan fingerprint density at radius 1 is 1.23 bits per heavy atom. The minimum Gasteiger partial charge on any atom is -0.353 e. The molecule has 0 radical (unpaired) electrons. The maximum Gasteiger partial charge on any atom is 0.237 e. The predicted molar refractivity (Wildman–Crippen MR) is 115 cm³/mol. The lowest BCUT2D eigenvalue weighted by molar-refractivity contribution is -0.140. The number of rotatable bonds is 6. The van der Waals surface area contributed by atoms with Crippen molar-refractivity contribution in [3.8, 4) is 0 Å². The number of pyridine rings is 1. The van der Waals surface area contributed by atoms with Crippen molar-refractivity contribution in [3.63, 3.8) is 0 Å². The van der Waals surface area contributed by atoms with E-state index < -0.39 is 6.04 Å². The highest BCUT2D eigenvalue weighted by Gasteiger charge is 2.33. The van der Waals surface area contributed by atoms with Crippen molar-refractivity contribution in [1.82, 2.24) is 30.0 Å². The summed E-state index contributed by atoms with van der Waals surface area (Å²) in [6, 6.07) is 3.47. The number of nitrogens with one attached hydrogen (secondary N) is 1. The highest BCUT2D eigenvalue weighted by atomic mass is 32.1. The number of hydrogen-bond donors (Lipinski definition) is 1. The van der Waals surface area contributed by atoms with E-state index in [-0.39, 0.29) is 18.2 Å². The summed E-state index contributed by atoms with van der Waals surface area (Å²) >= 11 is 1.67. The molecular weight excluding hydrogens is 400 g/mol. The highest BCUT2D eigenvalue weighted by molar-refractivity contribution is 7.09. The highest BCUT2D eigenvalue weighted by Crippen LogP contribution is 2.17. The molecule has 0 aromatic carbocycles. The zero-order valence-electron chi connectivity index (χ0n) is 17.3. The number of aromatic nitrogens is 2. The third-order valence-electron chi connectivity index (χ3n) is 5.70. The van der Waals surface area contributed by atoms with E-state index in [1.165, 1.54) is 0 Å². The molecule has 160 valence electrons. The second-order valence-electron chi connectivity index (χ2n) is 7.86. The van der Waals surface area contributed by atoms with Crippen LogP contribution in [0.2, 0.25) is 0 Å². The van der Waals surface area contributed by atoms with Gasteiger partial charge in [-0.15, -0.1) is 11.3 Å². The average molecular weight is 429 g/mol. The smallest absolute Gasteiger partial charge is 0.237 e. The molecule has 2 aliphatic heterocycles. The van der Waals surface area contributed by atoms with E-state index in [0.717, 1.165) is 42.4 Å². The number of carbonyl (C=O) groups is 2. The Bertz CT molecular complexity index is 865. The number of hydrogen-bond acceptors (Lipinski definition) is 7. The monoisotopic (exact) mass is 428 g/mol. The van der Waals surface area contributed by atoms with Gasteiger partial charge in [-0.05, 0) is 18.6 Å². The summed E-state index contributed by atoms with van der Waals surface area (Å²) in [4.78, 5) is 40.5. The maximum atomic E-state index is 13.0. The van der Waals surface area contributed by atoms with Crippen LogP contribution in [0.1, 0.15) is 22.7 Å². The van der Waals surface area contributed by atoms with Crippen molar-refractivity contribution in [2.45, 2.75) is 32.5 Å².